The molecule has 20 heavy (non-hydrogen) atoms. The molecule has 0 aliphatic rings. The molecule has 1 rings (SSSR count). The van der Waals surface area contributed by atoms with Crippen molar-refractivity contribution < 1.29 is 30.4 Å². The van der Waals surface area contributed by atoms with Crippen LogP contribution in [-0.4, -0.2) is 34.4 Å². The molecule has 0 unspecified atom stereocenters. The van der Waals surface area contributed by atoms with E-state index in [0.717, 1.165) is 6.07 Å². The summed E-state index contributed by atoms with van der Waals surface area (Å²) in [5.41, 5.74) is 0. The Morgan fingerprint density at radius 3 is 2.50 bits per heavy atom. The lowest BCUT2D eigenvalue weighted by Gasteiger charge is -2.15. The van der Waals surface area contributed by atoms with E-state index in [4.69, 9.17) is 4.42 Å². The van der Waals surface area contributed by atoms with Crippen molar-refractivity contribution in [1.82, 2.24) is 10.0 Å². The standard InChI is InChI=1S/C10H14F4N2O3S/c1-6-8(3-7(19-6)4-15-2)20(17,18)16-5-10(13,14)9(11)12/h3,9,15-16H,4-5H2,1-2H3. The van der Waals surface area contributed by atoms with Crippen LogP contribution in [-0.2, 0) is 16.6 Å². The van der Waals surface area contributed by atoms with E-state index in [1.807, 2.05) is 0 Å². The molecule has 0 saturated carbocycles. The molecule has 1 aromatic heterocycles. The first kappa shape index (κ1) is 16.9. The smallest absolute Gasteiger partial charge is 0.320 e. The van der Waals surface area contributed by atoms with Crippen molar-refractivity contribution in [1.29, 1.82) is 0 Å². The van der Waals surface area contributed by atoms with Crippen LogP contribution in [0.25, 0.3) is 0 Å². The van der Waals surface area contributed by atoms with E-state index in [1.54, 1.807) is 7.05 Å². The lowest BCUT2D eigenvalue weighted by Crippen LogP contribution is -2.41. The Bertz CT molecular complexity index is 557. The first-order valence-electron chi connectivity index (χ1n) is 5.49. The van der Waals surface area contributed by atoms with Crippen molar-refractivity contribution >= 4 is 10.0 Å². The molecule has 5 nitrogen and oxygen atoms in total. The minimum atomic E-state index is -4.43. The molecule has 2 N–H and O–H groups in total. The highest BCUT2D eigenvalue weighted by atomic mass is 32.2. The summed E-state index contributed by atoms with van der Waals surface area (Å²) in [6.45, 7) is -0.110. The van der Waals surface area contributed by atoms with E-state index >= 15 is 0 Å². The van der Waals surface area contributed by atoms with Gasteiger partial charge in [0.2, 0.25) is 10.0 Å². The predicted octanol–water partition coefficient (Wildman–Crippen LogP) is 1.49. The average molecular weight is 318 g/mol. The topological polar surface area (TPSA) is 71.3 Å². The second kappa shape index (κ2) is 6.10. The summed E-state index contributed by atoms with van der Waals surface area (Å²) in [4.78, 5) is -0.354. The number of rotatable bonds is 7. The zero-order valence-electron chi connectivity index (χ0n) is 10.7. The van der Waals surface area contributed by atoms with Crippen LogP contribution in [0.3, 0.4) is 0 Å². The highest BCUT2D eigenvalue weighted by molar-refractivity contribution is 7.89. The van der Waals surface area contributed by atoms with Gasteiger partial charge >= 0.3 is 12.3 Å². The Balaban J connectivity index is 2.89. The third-order valence-corrected chi connectivity index (χ3v) is 3.89. The third kappa shape index (κ3) is 3.93. The van der Waals surface area contributed by atoms with Gasteiger partial charge in [-0.05, 0) is 14.0 Å². The van der Waals surface area contributed by atoms with Crippen molar-refractivity contribution in [3.8, 4) is 0 Å². The highest BCUT2D eigenvalue weighted by Gasteiger charge is 2.41. The van der Waals surface area contributed by atoms with Gasteiger partial charge in [-0.15, -0.1) is 0 Å². The van der Waals surface area contributed by atoms with Gasteiger partial charge in [0.05, 0.1) is 13.1 Å². The second-order valence-corrected chi connectivity index (χ2v) is 5.79. The van der Waals surface area contributed by atoms with Gasteiger partial charge in [0.1, 0.15) is 16.4 Å². The van der Waals surface area contributed by atoms with Gasteiger partial charge in [0.15, 0.2) is 0 Å². The van der Waals surface area contributed by atoms with E-state index in [-0.39, 0.29) is 23.0 Å². The molecule has 10 heteroatoms. The summed E-state index contributed by atoms with van der Waals surface area (Å²) in [5.74, 6) is -4.16. The molecular formula is C10H14F4N2O3S. The number of furan rings is 1. The van der Waals surface area contributed by atoms with Crippen molar-refractivity contribution in [2.75, 3.05) is 13.6 Å². The van der Waals surface area contributed by atoms with Gasteiger partial charge in [0.25, 0.3) is 0 Å². The Morgan fingerprint density at radius 1 is 1.40 bits per heavy atom. The number of nitrogens with one attached hydrogen (secondary N) is 2. The number of sulfonamides is 1. The Labute approximate surface area is 113 Å². The quantitative estimate of drug-likeness (QED) is 0.747. The van der Waals surface area contributed by atoms with Crippen LogP contribution in [0.1, 0.15) is 11.5 Å². The van der Waals surface area contributed by atoms with Gasteiger partial charge in [0, 0.05) is 6.07 Å². The molecular weight excluding hydrogens is 304 g/mol. The molecule has 116 valence electrons. The molecule has 0 bridgehead atoms. The molecule has 0 atom stereocenters. The Hall–Kier alpha value is -1.13. The zero-order valence-corrected chi connectivity index (χ0v) is 11.5. The first-order valence-corrected chi connectivity index (χ1v) is 6.98. The van der Waals surface area contributed by atoms with Gasteiger partial charge in [-0.25, -0.2) is 21.9 Å². The van der Waals surface area contributed by atoms with Gasteiger partial charge in [-0.2, -0.15) is 8.78 Å². The molecule has 0 aliphatic carbocycles. The summed E-state index contributed by atoms with van der Waals surface area (Å²) in [7, 11) is -2.74. The maximum absolute atomic E-state index is 12.7. The Morgan fingerprint density at radius 2 is 2.00 bits per heavy atom. The second-order valence-electron chi connectivity index (χ2n) is 4.05. The fourth-order valence-electron chi connectivity index (χ4n) is 1.40. The number of alkyl halides is 4. The molecule has 1 aromatic rings. The number of halogens is 4. The monoisotopic (exact) mass is 318 g/mol. The average Bonchev–Trinajstić information content (AvgIpc) is 2.69. The molecule has 0 radical (unpaired) electrons. The van der Waals surface area contributed by atoms with Crippen LogP contribution >= 0.6 is 0 Å². The van der Waals surface area contributed by atoms with Crippen LogP contribution in [0.4, 0.5) is 17.6 Å². The van der Waals surface area contributed by atoms with Crippen molar-refractivity contribution in [2.45, 2.75) is 30.7 Å². The summed E-state index contributed by atoms with van der Waals surface area (Å²) >= 11 is 0. The lowest BCUT2D eigenvalue weighted by atomic mass is 10.4. The molecule has 0 saturated heterocycles. The van der Waals surface area contributed by atoms with Crippen LogP contribution in [0.15, 0.2) is 15.4 Å². The lowest BCUT2D eigenvalue weighted by molar-refractivity contribution is -0.122. The van der Waals surface area contributed by atoms with Crippen LogP contribution in [0.5, 0.6) is 0 Å². The summed E-state index contributed by atoms with van der Waals surface area (Å²) in [6, 6.07) is 1.15. The van der Waals surface area contributed by atoms with Gasteiger partial charge < -0.3 is 9.73 Å². The highest BCUT2D eigenvalue weighted by Crippen LogP contribution is 2.24. The summed E-state index contributed by atoms with van der Waals surface area (Å²) < 4.78 is 79.4. The van der Waals surface area contributed by atoms with E-state index in [0.29, 0.717) is 0 Å². The zero-order chi connectivity index (χ0) is 15.6. The van der Waals surface area contributed by atoms with E-state index in [9.17, 15) is 26.0 Å². The molecule has 0 aliphatic heterocycles. The molecule has 0 aromatic carbocycles. The third-order valence-electron chi connectivity index (χ3n) is 2.38. The molecule has 0 amide bonds. The largest absolute Gasteiger partial charge is 0.464 e. The number of hydrogen-bond acceptors (Lipinski definition) is 4. The summed E-state index contributed by atoms with van der Waals surface area (Å²) in [6.07, 6.45) is -3.95. The number of aryl methyl sites for hydroxylation is 1. The minimum absolute atomic E-state index is 0.0110. The van der Waals surface area contributed by atoms with Crippen molar-refractivity contribution in [2.24, 2.45) is 0 Å². The van der Waals surface area contributed by atoms with E-state index in [2.05, 4.69) is 5.32 Å². The minimum Gasteiger partial charge on any atom is -0.464 e. The SMILES string of the molecule is CNCc1cc(S(=O)(=O)NCC(F)(F)C(F)F)c(C)o1. The molecule has 0 spiro atoms. The first-order chi connectivity index (χ1) is 9.10. The Kier molecular flexibility index (Phi) is 5.16. The predicted molar refractivity (Wildman–Crippen MR) is 62.3 cm³/mol. The fraction of sp³-hybridized carbons (Fsp3) is 0.600. The number of hydrogen-bond donors (Lipinski definition) is 2. The molecule has 1 heterocycles. The van der Waals surface area contributed by atoms with Crippen LogP contribution < -0.4 is 10.0 Å². The van der Waals surface area contributed by atoms with Crippen molar-refractivity contribution in [3.05, 3.63) is 17.6 Å². The molecule has 0 fully saturated rings. The van der Waals surface area contributed by atoms with E-state index < -0.39 is 28.9 Å². The van der Waals surface area contributed by atoms with Gasteiger partial charge in [-0.1, -0.05) is 0 Å². The van der Waals surface area contributed by atoms with Crippen LogP contribution in [0.2, 0.25) is 0 Å². The van der Waals surface area contributed by atoms with E-state index in [1.165, 1.54) is 11.6 Å². The summed E-state index contributed by atoms with van der Waals surface area (Å²) in [5, 5.41) is 2.72. The van der Waals surface area contributed by atoms with Crippen LogP contribution in [0, 0.1) is 6.92 Å². The maximum atomic E-state index is 12.7. The maximum Gasteiger partial charge on any atom is 0.320 e. The van der Waals surface area contributed by atoms with Crippen molar-refractivity contribution in [3.63, 3.8) is 0 Å². The van der Waals surface area contributed by atoms with Gasteiger partial charge in [-0.3, -0.25) is 0 Å². The normalized spacial score (nSPS) is 13.2. The fourth-order valence-corrected chi connectivity index (χ4v) is 2.64.